The molecule has 2 N–H and O–H groups in total. The van der Waals surface area contributed by atoms with Crippen LogP contribution < -0.4 is 0 Å². The molecule has 2 atom stereocenters. The number of nitrogens with zero attached hydrogens (tertiary/aromatic N) is 3. The fourth-order valence-electron chi connectivity index (χ4n) is 2.09. The van der Waals surface area contributed by atoms with Gasteiger partial charge in [0.25, 0.3) is 0 Å². The number of hydrogen-bond acceptors (Lipinski definition) is 5. The molecule has 2 heterocycles. The van der Waals surface area contributed by atoms with Crippen molar-refractivity contribution in [2.24, 2.45) is 0 Å². The van der Waals surface area contributed by atoms with Gasteiger partial charge in [0.1, 0.15) is 11.6 Å². The van der Waals surface area contributed by atoms with E-state index in [4.69, 9.17) is 9.84 Å². The van der Waals surface area contributed by atoms with E-state index < -0.39 is 12.1 Å². The normalized spacial score (nSPS) is 21.1. The average molecular weight is 255 g/mol. The molecule has 100 valence electrons. The van der Waals surface area contributed by atoms with Crippen molar-refractivity contribution in [1.82, 2.24) is 14.8 Å². The number of aliphatic carboxylic acids is 1. The Morgan fingerprint density at radius 2 is 2.39 bits per heavy atom. The van der Waals surface area contributed by atoms with Crippen LogP contribution in [0, 0.1) is 6.92 Å². The minimum atomic E-state index is -1.35. The van der Waals surface area contributed by atoms with E-state index in [1.807, 2.05) is 11.5 Å². The van der Waals surface area contributed by atoms with E-state index in [0.717, 1.165) is 18.1 Å². The number of carboxylic acids is 1. The molecule has 0 aromatic carbocycles. The molecule has 0 amide bonds. The summed E-state index contributed by atoms with van der Waals surface area (Å²) in [7, 11) is 0. The SMILES string of the molecule is Cc1nnc(C2CCOC2)n1CCC(O)C(=O)O. The second kappa shape index (κ2) is 5.45. The van der Waals surface area contributed by atoms with Gasteiger partial charge in [-0.1, -0.05) is 0 Å². The fraction of sp³-hybridized carbons (Fsp3) is 0.727. The summed E-state index contributed by atoms with van der Waals surface area (Å²) in [4.78, 5) is 10.6. The van der Waals surface area contributed by atoms with Crippen LogP contribution in [0.1, 0.15) is 30.4 Å². The maximum absolute atomic E-state index is 10.6. The van der Waals surface area contributed by atoms with Crippen molar-refractivity contribution in [2.45, 2.75) is 38.3 Å². The first-order chi connectivity index (χ1) is 8.59. The highest BCUT2D eigenvalue weighted by atomic mass is 16.5. The number of carbonyl (C=O) groups is 1. The number of carboxylic acid groups (broad SMARTS) is 1. The van der Waals surface area contributed by atoms with Gasteiger partial charge in [-0.3, -0.25) is 0 Å². The van der Waals surface area contributed by atoms with Gasteiger partial charge < -0.3 is 19.5 Å². The number of aliphatic hydroxyl groups is 1. The van der Waals surface area contributed by atoms with Gasteiger partial charge in [-0.25, -0.2) is 4.79 Å². The van der Waals surface area contributed by atoms with Crippen molar-refractivity contribution >= 4 is 5.97 Å². The summed E-state index contributed by atoms with van der Waals surface area (Å²) >= 11 is 0. The Hall–Kier alpha value is -1.47. The molecule has 7 nitrogen and oxygen atoms in total. The summed E-state index contributed by atoms with van der Waals surface area (Å²) in [6.07, 6.45) is -0.298. The molecule has 1 aliphatic heterocycles. The smallest absolute Gasteiger partial charge is 0.332 e. The van der Waals surface area contributed by atoms with Gasteiger partial charge in [-0.05, 0) is 13.3 Å². The van der Waals surface area contributed by atoms with Crippen LogP contribution in [-0.4, -0.2) is 50.3 Å². The van der Waals surface area contributed by atoms with Crippen molar-refractivity contribution < 1.29 is 19.7 Å². The fourth-order valence-corrected chi connectivity index (χ4v) is 2.09. The summed E-state index contributed by atoms with van der Waals surface area (Å²) in [5.74, 6) is 0.566. The first kappa shape index (κ1) is 13.0. The minimum absolute atomic E-state index is 0.148. The van der Waals surface area contributed by atoms with Crippen LogP contribution in [0.15, 0.2) is 0 Å². The second-order valence-corrected chi connectivity index (χ2v) is 4.46. The number of aromatic nitrogens is 3. The van der Waals surface area contributed by atoms with Gasteiger partial charge >= 0.3 is 5.97 Å². The Morgan fingerprint density at radius 3 is 3.00 bits per heavy atom. The van der Waals surface area contributed by atoms with Gasteiger partial charge in [0, 0.05) is 25.5 Å². The van der Waals surface area contributed by atoms with E-state index in [-0.39, 0.29) is 12.3 Å². The van der Waals surface area contributed by atoms with Gasteiger partial charge in [0.15, 0.2) is 6.10 Å². The van der Waals surface area contributed by atoms with E-state index >= 15 is 0 Å². The number of rotatable bonds is 5. The van der Waals surface area contributed by atoms with E-state index in [1.165, 1.54) is 0 Å². The van der Waals surface area contributed by atoms with E-state index in [0.29, 0.717) is 19.8 Å². The molecule has 1 aliphatic rings. The zero-order valence-corrected chi connectivity index (χ0v) is 10.2. The monoisotopic (exact) mass is 255 g/mol. The van der Waals surface area contributed by atoms with Crippen molar-refractivity contribution in [1.29, 1.82) is 0 Å². The quantitative estimate of drug-likeness (QED) is 0.764. The Kier molecular flexibility index (Phi) is 3.93. The lowest BCUT2D eigenvalue weighted by Gasteiger charge is -2.13. The predicted octanol–water partition coefficient (Wildman–Crippen LogP) is -0.0740. The van der Waals surface area contributed by atoms with Crippen LogP contribution in [0.5, 0.6) is 0 Å². The third-order valence-electron chi connectivity index (χ3n) is 3.17. The molecule has 1 aromatic heterocycles. The van der Waals surface area contributed by atoms with Gasteiger partial charge in [-0.15, -0.1) is 10.2 Å². The summed E-state index contributed by atoms with van der Waals surface area (Å²) in [6, 6.07) is 0. The molecule has 0 spiro atoms. The maximum Gasteiger partial charge on any atom is 0.332 e. The molecule has 0 bridgehead atoms. The molecular formula is C11H17N3O4. The van der Waals surface area contributed by atoms with E-state index in [2.05, 4.69) is 10.2 Å². The number of aryl methyl sites for hydroxylation is 1. The molecule has 18 heavy (non-hydrogen) atoms. The lowest BCUT2D eigenvalue weighted by molar-refractivity contribution is -0.147. The van der Waals surface area contributed by atoms with Crippen LogP contribution in [0.3, 0.4) is 0 Å². The number of aliphatic hydroxyl groups excluding tert-OH is 1. The molecular weight excluding hydrogens is 238 g/mol. The van der Waals surface area contributed by atoms with E-state index in [9.17, 15) is 9.90 Å². The third kappa shape index (κ3) is 2.68. The first-order valence-corrected chi connectivity index (χ1v) is 5.98. The topological polar surface area (TPSA) is 97.5 Å². The first-order valence-electron chi connectivity index (χ1n) is 5.98. The van der Waals surface area contributed by atoms with Gasteiger partial charge in [0.2, 0.25) is 0 Å². The molecule has 1 fully saturated rings. The number of ether oxygens (including phenoxy) is 1. The Morgan fingerprint density at radius 1 is 1.61 bits per heavy atom. The molecule has 0 radical (unpaired) electrons. The molecule has 7 heteroatoms. The zero-order valence-electron chi connectivity index (χ0n) is 10.2. The van der Waals surface area contributed by atoms with Crippen LogP contribution >= 0.6 is 0 Å². The average Bonchev–Trinajstić information content (AvgIpc) is 2.95. The second-order valence-electron chi connectivity index (χ2n) is 4.46. The highest BCUT2D eigenvalue weighted by molar-refractivity contribution is 5.71. The summed E-state index contributed by atoms with van der Waals surface area (Å²) in [5, 5.41) is 26.1. The Balaban J connectivity index is 2.06. The molecule has 0 saturated carbocycles. The van der Waals surface area contributed by atoms with E-state index in [1.54, 1.807) is 0 Å². The number of hydrogen-bond donors (Lipinski definition) is 2. The van der Waals surface area contributed by atoms with Gasteiger partial charge in [-0.2, -0.15) is 0 Å². The van der Waals surface area contributed by atoms with Crippen LogP contribution in [0.25, 0.3) is 0 Å². The Bertz CT molecular complexity index is 426. The molecule has 1 aromatic rings. The largest absolute Gasteiger partial charge is 0.479 e. The predicted molar refractivity (Wildman–Crippen MR) is 61.2 cm³/mol. The summed E-state index contributed by atoms with van der Waals surface area (Å²) in [6.45, 7) is 3.56. The maximum atomic E-state index is 10.6. The summed E-state index contributed by atoms with van der Waals surface area (Å²) in [5.41, 5.74) is 0. The van der Waals surface area contributed by atoms with Crippen molar-refractivity contribution in [3.63, 3.8) is 0 Å². The van der Waals surface area contributed by atoms with Crippen LogP contribution in [0.2, 0.25) is 0 Å². The molecule has 0 aliphatic carbocycles. The van der Waals surface area contributed by atoms with Crippen LogP contribution in [0.4, 0.5) is 0 Å². The van der Waals surface area contributed by atoms with Crippen molar-refractivity contribution in [2.75, 3.05) is 13.2 Å². The highest BCUT2D eigenvalue weighted by Gasteiger charge is 2.25. The summed E-state index contributed by atoms with van der Waals surface area (Å²) < 4.78 is 7.18. The standard InChI is InChI=1S/C11H17N3O4/c1-7-12-13-10(8-3-5-18-6-8)14(7)4-2-9(15)11(16)17/h8-9,15H,2-6H2,1H3,(H,16,17). The van der Waals surface area contributed by atoms with Crippen LogP contribution in [-0.2, 0) is 16.1 Å². The zero-order chi connectivity index (χ0) is 13.1. The lowest BCUT2D eigenvalue weighted by atomic mass is 10.1. The Labute approximate surface area is 104 Å². The van der Waals surface area contributed by atoms with Crippen molar-refractivity contribution in [3.05, 3.63) is 11.6 Å². The molecule has 2 unspecified atom stereocenters. The molecule has 2 rings (SSSR count). The highest BCUT2D eigenvalue weighted by Crippen LogP contribution is 2.24. The van der Waals surface area contributed by atoms with Gasteiger partial charge in [0.05, 0.1) is 6.61 Å². The third-order valence-corrected chi connectivity index (χ3v) is 3.17. The van der Waals surface area contributed by atoms with Crippen molar-refractivity contribution in [3.8, 4) is 0 Å². The lowest BCUT2D eigenvalue weighted by Crippen LogP contribution is -2.22. The minimum Gasteiger partial charge on any atom is -0.479 e. The molecule has 1 saturated heterocycles.